The Kier molecular flexibility index (Phi) is 10.7. The number of hydrogen-bond donors (Lipinski definition) is 0. The lowest BCUT2D eigenvalue weighted by Crippen LogP contribution is -2.34. The first-order valence-electron chi connectivity index (χ1n) is 23.1. The molecule has 7 nitrogen and oxygen atoms in total. The number of carbonyl (C=O) groups is 1. The highest BCUT2D eigenvalue weighted by molar-refractivity contribution is 7.99. The first-order chi connectivity index (χ1) is 32.1. The second kappa shape index (κ2) is 17.1. The monoisotopic (exact) mass is 908 g/mol. The molecule has 2 aromatic heterocycles. The molecule has 6 aromatic carbocycles. The van der Waals surface area contributed by atoms with Gasteiger partial charge in [-0.05, 0) is 126 Å². The summed E-state index contributed by atoms with van der Waals surface area (Å²) in [4.78, 5) is 20.9. The molecule has 8 aromatic rings. The molecule has 4 aliphatic heterocycles. The summed E-state index contributed by atoms with van der Waals surface area (Å²) < 4.78 is 22.6. The maximum absolute atomic E-state index is 11.4. The van der Waals surface area contributed by atoms with Gasteiger partial charge in [0.1, 0.15) is 30.5 Å². The van der Waals surface area contributed by atoms with Crippen LogP contribution in [0, 0.1) is 0 Å². The minimum atomic E-state index is 0.478. The second-order valence-electron chi connectivity index (χ2n) is 17.6. The number of thiophene rings is 1. The summed E-state index contributed by atoms with van der Waals surface area (Å²) in [7, 11) is 0. The highest BCUT2D eigenvalue weighted by Gasteiger charge is 2.32. The Morgan fingerprint density at radius 1 is 0.646 bits per heavy atom. The van der Waals surface area contributed by atoms with Crippen LogP contribution in [-0.4, -0.2) is 41.3 Å². The van der Waals surface area contributed by atoms with Crippen LogP contribution in [0.2, 0.25) is 0 Å². The Morgan fingerprint density at radius 3 is 2.00 bits per heavy atom. The Bertz CT molecular complexity index is 3090. The third kappa shape index (κ3) is 7.30. The van der Waals surface area contributed by atoms with Crippen LogP contribution in [0.15, 0.2) is 119 Å². The fraction of sp³-hybridized carbons (Fsp3) is 0.255. The van der Waals surface area contributed by atoms with Crippen molar-refractivity contribution in [2.45, 2.75) is 74.5 Å². The van der Waals surface area contributed by atoms with Gasteiger partial charge in [-0.15, -0.1) is 11.3 Å². The van der Waals surface area contributed by atoms with Crippen LogP contribution in [0.25, 0.3) is 54.2 Å². The van der Waals surface area contributed by atoms with Crippen LogP contribution < -0.4 is 19.3 Å². The zero-order valence-electron chi connectivity index (χ0n) is 36.4. The fourth-order valence-electron chi connectivity index (χ4n) is 10.3. The van der Waals surface area contributed by atoms with Crippen LogP contribution in [-0.2, 0) is 19.3 Å². The standard InChI is InChI=1S/C55H48N4O3S3/c1-2-3-4-5-8-34-13-19-42(20-14-34)59-45-23-17-37(41-29-38-9-6-25-58-26-7-10-39(30-41)51(38)58)31-47(45)63-48-32-40(18-24-46(48)59)54-52-53(62-28-27-61-52)55(64-54)44-22-21-43(49-50(44)57-65-56-49)36-15-11-35(33-60)12-16-36/h11-24,29-33H,2-10,25-28H2,1H3. The predicted molar refractivity (Wildman–Crippen MR) is 269 cm³/mol. The molecule has 0 saturated carbocycles. The van der Waals surface area contributed by atoms with Gasteiger partial charge in [0.2, 0.25) is 0 Å². The quantitative estimate of drug-likeness (QED) is 0.0939. The Morgan fingerprint density at radius 2 is 1.29 bits per heavy atom. The van der Waals surface area contributed by atoms with E-state index in [1.165, 1.54) is 124 Å². The van der Waals surface area contributed by atoms with Gasteiger partial charge < -0.3 is 19.3 Å². The summed E-state index contributed by atoms with van der Waals surface area (Å²) >= 11 is 4.76. The summed E-state index contributed by atoms with van der Waals surface area (Å²) in [6, 6.07) is 40.1. The smallest absolute Gasteiger partial charge is 0.180 e. The van der Waals surface area contributed by atoms with Gasteiger partial charge >= 0.3 is 0 Å². The molecular weight excluding hydrogens is 861 g/mol. The zero-order valence-corrected chi connectivity index (χ0v) is 38.8. The molecule has 0 spiro atoms. The van der Waals surface area contributed by atoms with Crippen LogP contribution in [0.3, 0.4) is 0 Å². The molecule has 0 N–H and O–H groups in total. The molecule has 4 aliphatic rings. The number of rotatable bonds is 11. The molecule has 10 heteroatoms. The number of nitrogens with zero attached hydrogens (tertiary/aromatic N) is 4. The minimum Gasteiger partial charge on any atom is -0.485 e. The average Bonchev–Trinajstić information content (AvgIpc) is 4.01. The van der Waals surface area contributed by atoms with Gasteiger partial charge in [0, 0.05) is 50.9 Å². The highest BCUT2D eigenvalue weighted by atomic mass is 32.2. The third-order valence-electron chi connectivity index (χ3n) is 13.5. The summed E-state index contributed by atoms with van der Waals surface area (Å²) in [6.07, 6.45) is 11.8. The minimum absolute atomic E-state index is 0.478. The summed E-state index contributed by atoms with van der Waals surface area (Å²) in [5.41, 5.74) is 18.4. The lowest BCUT2D eigenvalue weighted by Gasteiger charge is -2.37. The molecule has 0 radical (unpaired) electrons. The van der Waals surface area contributed by atoms with Crippen molar-refractivity contribution in [3.05, 3.63) is 131 Å². The SMILES string of the molecule is CCCCCCc1ccc(N2c3ccc(-c4cc5c6c(c4)CCCN6CCC5)cc3Sc3cc(-c4sc(-c5ccc(-c6ccc(C=O)cc6)c6nsnc56)c5c4OCCO5)ccc32)cc1. The van der Waals surface area contributed by atoms with Gasteiger partial charge in [-0.2, -0.15) is 8.75 Å². The first kappa shape index (κ1) is 40.6. The average molecular weight is 909 g/mol. The summed E-state index contributed by atoms with van der Waals surface area (Å²) in [5, 5.41) is 0. The number of benzene rings is 6. The van der Waals surface area contributed by atoms with Gasteiger partial charge in [-0.25, -0.2) is 0 Å². The van der Waals surface area contributed by atoms with E-state index >= 15 is 0 Å². The Balaban J connectivity index is 0.943. The highest BCUT2D eigenvalue weighted by Crippen LogP contribution is 2.58. The van der Waals surface area contributed by atoms with Crippen molar-refractivity contribution in [2.75, 3.05) is 36.1 Å². The molecule has 0 aliphatic carbocycles. The summed E-state index contributed by atoms with van der Waals surface area (Å²) in [6.45, 7) is 5.60. The lowest BCUT2D eigenvalue weighted by atomic mass is 9.88. The number of hydrogen-bond acceptors (Lipinski definition) is 10. The number of carbonyl (C=O) groups excluding carboxylic acids is 1. The molecular formula is C55H48N4O3S3. The van der Waals surface area contributed by atoms with Crippen molar-refractivity contribution in [3.8, 4) is 54.6 Å². The first-order valence-corrected chi connectivity index (χ1v) is 25.5. The summed E-state index contributed by atoms with van der Waals surface area (Å²) in [5.74, 6) is 1.54. The van der Waals surface area contributed by atoms with Crippen LogP contribution in [0.4, 0.5) is 22.7 Å². The number of aryl methyl sites for hydroxylation is 3. The topological polar surface area (TPSA) is 67.8 Å². The van der Waals surface area contributed by atoms with Crippen molar-refractivity contribution in [1.29, 1.82) is 0 Å². The van der Waals surface area contributed by atoms with Crippen LogP contribution in [0.5, 0.6) is 11.5 Å². The number of anilines is 4. The van der Waals surface area contributed by atoms with Gasteiger partial charge in [0.25, 0.3) is 0 Å². The van der Waals surface area contributed by atoms with Gasteiger partial charge in [0.15, 0.2) is 11.5 Å². The van der Waals surface area contributed by atoms with Crippen LogP contribution in [0.1, 0.15) is 72.5 Å². The largest absolute Gasteiger partial charge is 0.485 e. The van der Waals surface area contributed by atoms with Crippen molar-refractivity contribution in [2.24, 2.45) is 0 Å². The predicted octanol–water partition coefficient (Wildman–Crippen LogP) is 14.8. The molecule has 12 rings (SSSR count). The lowest BCUT2D eigenvalue weighted by molar-refractivity contribution is 0.112. The number of ether oxygens (including phenoxy) is 2. The normalized spacial score (nSPS) is 14.8. The van der Waals surface area contributed by atoms with Crippen molar-refractivity contribution >= 4 is 74.9 Å². The van der Waals surface area contributed by atoms with Crippen molar-refractivity contribution in [1.82, 2.24) is 8.75 Å². The van der Waals surface area contributed by atoms with Crippen molar-refractivity contribution in [3.63, 3.8) is 0 Å². The van der Waals surface area contributed by atoms with E-state index in [4.69, 9.17) is 18.2 Å². The van der Waals surface area contributed by atoms with Gasteiger partial charge in [0.05, 0.1) is 32.9 Å². The zero-order chi connectivity index (χ0) is 43.4. The van der Waals surface area contributed by atoms with Gasteiger partial charge in [-0.3, -0.25) is 4.79 Å². The third-order valence-corrected chi connectivity index (χ3v) is 16.3. The second-order valence-corrected chi connectivity index (χ2v) is 20.2. The molecule has 324 valence electrons. The van der Waals surface area contributed by atoms with E-state index in [2.05, 4.69) is 102 Å². The number of fused-ring (bicyclic) bond motifs is 4. The molecule has 65 heavy (non-hydrogen) atoms. The molecule has 0 saturated heterocycles. The molecule has 0 fully saturated rings. The fourth-order valence-corrected chi connectivity index (χ4v) is 13.2. The van der Waals surface area contributed by atoms with E-state index in [1.54, 1.807) is 11.3 Å². The van der Waals surface area contributed by atoms with E-state index in [-0.39, 0.29) is 0 Å². The van der Waals surface area contributed by atoms with E-state index in [9.17, 15) is 4.79 Å². The van der Waals surface area contributed by atoms with E-state index in [1.807, 2.05) is 36.0 Å². The number of aldehydes is 1. The molecule has 6 heterocycles. The Labute approximate surface area is 392 Å². The van der Waals surface area contributed by atoms with E-state index in [0.29, 0.717) is 18.8 Å². The van der Waals surface area contributed by atoms with Crippen LogP contribution >= 0.6 is 34.8 Å². The van der Waals surface area contributed by atoms with Crippen molar-refractivity contribution < 1.29 is 14.3 Å². The maximum atomic E-state index is 11.4. The maximum Gasteiger partial charge on any atom is 0.180 e. The van der Waals surface area contributed by atoms with Gasteiger partial charge in [-0.1, -0.05) is 98.6 Å². The molecule has 0 unspecified atom stereocenters. The Hall–Kier alpha value is -5.94. The van der Waals surface area contributed by atoms with E-state index in [0.717, 1.165) is 80.1 Å². The molecule has 0 bridgehead atoms. The molecule has 0 atom stereocenters. The number of aromatic nitrogens is 2. The van der Waals surface area contributed by atoms with E-state index < -0.39 is 0 Å². The molecule has 0 amide bonds. The number of unbranched alkanes of at least 4 members (excludes halogenated alkanes) is 3.